The van der Waals surface area contributed by atoms with Crippen LogP contribution in [0.1, 0.15) is 12.0 Å². The normalized spacial score (nSPS) is 13.8. The minimum absolute atomic E-state index is 0.142. The molecule has 0 spiro atoms. The maximum Gasteiger partial charge on any atom is 0.315 e. The molecule has 0 bridgehead atoms. The Bertz CT molecular complexity index is 1130. The third kappa shape index (κ3) is 6.70. The number of nitrogens with one attached hydrogen (secondary N) is 2. The van der Waals surface area contributed by atoms with Crippen molar-refractivity contribution in [2.75, 3.05) is 58.4 Å². The smallest absolute Gasteiger partial charge is 0.315 e. The lowest BCUT2D eigenvalue weighted by Crippen LogP contribution is -2.47. The summed E-state index contributed by atoms with van der Waals surface area (Å²) in [4.78, 5) is 17.2. The van der Waals surface area contributed by atoms with Crippen molar-refractivity contribution in [3.05, 3.63) is 78.4 Å². The molecule has 1 aliphatic rings. The van der Waals surface area contributed by atoms with Gasteiger partial charge in [-0.05, 0) is 53.9 Å². The topological polar surface area (TPSA) is 66.1 Å². The number of nitrogens with zero attached hydrogens (tertiary/aromatic N) is 2. The van der Waals surface area contributed by atoms with Gasteiger partial charge in [-0.3, -0.25) is 4.90 Å². The molecule has 2 amide bonds. The molecular weight excluding hydrogens is 452 g/mol. The lowest BCUT2D eigenvalue weighted by molar-refractivity contribution is 0.235. The van der Waals surface area contributed by atoms with E-state index >= 15 is 0 Å². The van der Waals surface area contributed by atoms with Gasteiger partial charge in [0.25, 0.3) is 0 Å². The first-order valence-corrected chi connectivity index (χ1v) is 12.5. The van der Waals surface area contributed by atoms with Gasteiger partial charge in [-0.1, -0.05) is 48.5 Å². The number of hydrogen-bond donors (Lipinski definition) is 2. The van der Waals surface area contributed by atoms with E-state index in [1.54, 1.807) is 14.2 Å². The highest BCUT2D eigenvalue weighted by Gasteiger charge is 2.19. The van der Waals surface area contributed by atoms with Crippen molar-refractivity contribution in [1.82, 2.24) is 15.5 Å². The molecule has 0 atom stereocenters. The van der Waals surface area contributed by atoms with Crippen LogP contribution in [0, 0.1) is 0 Å². The third-order valence-electron chi connectivity index (χ3n) is 6.57. The van der Waals surface area contributed by atoms with Crippen LogP contribution in [0.4, 0.5) is 10.5 Å². The molecule has 1 saturated heterocycles. The fourth-order valence-electron chi connectivity index (χ4n) is 4.59. The van der Waals surface area contributed by atoms with E-state index in [9.17, 15) is 4.79 Å². The van der Waals surface area contributed by atoms with Crippen molar-refractivity contribution in [3.8, 4) is 22.6 Å². The highest BCUT2D eigenvalue weighted by molar-refractivity contribution is 5.75. The molecule has 3 aromatic carbocycles. The van der Waals surface area contributed by atoms with E-state index in [0.29, 0.717) is 13.1 Å². The molecule has 1 heterocycles. The number of carbonyl (C=O) groups excluding carboxylic acids is 1. The van der Waals surface area contributed by atoms with Crippen LogP contribution in [-0.2, 0) is 6.54 Å². The Balaban J connectivity index is 1.17. The Morgan fingerprint density at radius 1 is 0.861 bits per heavy atom. The summed E-state index contributed by atoms with van der Waals surface area (Å²) >= 11 is 0. The second kappa shape index (κ2) is 12.8. The first-order chi connectivity index (χ1) is 17.7. The molecule has 7 nitrogen and oxygen atoms in total. The van der Waals surface area contributed by atoms with Gasteiger partial charge in [0.05, 0.1) is 19.9 Å². The van der Waals surface area contributed by atoms with Gasteiger partial charge in [0.1, 0.15) is 11.5 Å². The Kier molecular flexibility index (Phi) is 9.05. The fourth-order valence-corrected chi connectivity index (χ4v) is 4.59. The number of piperazine rings is 1. The molecule has 0 radical (unpaired) electrons. The van der Waals surface area contributed by atoms with E-state index < -0.39 is 0 Å². The van der Waals surface area contributed by atoms with Gasteiger partial charge in [0.2, 0.25) is 0 Å². The molecule has 7 heteroatoms. The molecule has 3 aromatic rings. The van der Waals surface area contributed by atoms with E-state index in [1.165, 1.54) is 0 Å². The summed E-state index contributed by atoms with van der Waals surface area (Å²) in [7, 11) is 3.39. The molecule has 1 aliphatic heterocycles. The number of urea groups is 1. The van der Waals surface area contributed by atoms with Gasteiger partial charge in [0.15, 0.2) is 0 Å². The summed E-state index contributed by atoms with van der Waals surface area (Å²) < 4.78 is 10.9. The monoisotopic (exact) mass is 488 g/mol. The van der Waals surface area contributed by atoms with Crippen molar-refractivity contribution >= 4 is 11.7 Å². The van der Waals surface area contributed by atoms with Crippen LogP contribution >= 0.6 is 0 Å². The number of ether oxygens (including phenoxy) is 2. The standard InChI is InChI=1S/C29H36N4O3/c1-35-25-11-7-10-23(21-25)26-12-4-3-9-24(26)22-31-29(34)30-15-8-16-32-17-19-33(20-18-32)27-13-5-6-14-28(27)36-2/h3-7,9-14,21H,8,15-20,22H2,1-2H3,(H2,30,31,34). The second-order valence-electron chi connectivity index (χ2n) is 8.85. The molecule has 0 saturated carbocycles. The van der Waals surface area contributed by atoms with E-state index in [1.807, 2.05) is 48.5 Å². The number of methoxy groups -OCH3 is 2. The Morgan fingerprint density at radius 3 is 2.44 bits per heavy atom. The van der Waals surface area contributed by atoms with Gasteiger partial charge in [-0.2, -0.15) is 0 Å². The summed E-state index contributed by atoms with van der Waals surface area (Å²) in [6, 6.07) is 24.1. The van der Waals surface area contributed by atoms with Crippen LogP contribution in [0.2, 0.25) is 0 Å². The average Bonchev–Trinajstić information content (AvgIpc) is 2.94. The van der Waals surface area contributed by atoms with Crippen molar-refractivity contribution in [2.45, 2.75) is 13.0 Å². The second-order valence-corrected chi connectivity index (χ2v) is 8.85. The lowest BCUT2D eigenvalue weighted by Gasteiger charge is -2.36. The molecule has 0 unspecified atom stereocenters. The van der Waals surface area contributed by atoms with Gasteiger partial charge < -0.3 is 25.0 Å². The molecule has 190 valence electrons. The number of carbonyl (C=O) groups is 1. The summed E-state index contributed by atoms with van der Waals surface area (Å²) in [5, 5.41) is 5.99. The first-order valence-electron chi connectivity index (χ1n) is 12.5. The number of para-hydroxylation sites is 2. The van der Waals surface area contributed by atoms with Gasteiger partial charge in [-0.25, -0.2) is 4.79 Å². The molecular formula is C29H36N4O3. The van der Waals surface area contributed by atoms with E-state index in [2.05, 4.69) is 44.7 Å². The fraction of sp³-hybridized carbons (Fsp3) is 0.345. The summed E-state index contributed by atoms with van der Waals surface area (Å²) in [6.07, 6.45) is 0.919. The van der Waals surface area contributed by atoms with Crippen LogP contribution in [-0.4, -0.2) is 64.4 Å². The maximum absolute atomic E-state index is 12.4. The number of rotatable bonds is 10. The predicted octanol–water partition coefficient (Wildman–Crippen LogP) is 4.38. The molecule has 0 aliphatic carbocycles. The molecule has 1 fully saturated rings. The van der Waals surface area contributed by atoms with Crippen molar-refractivity contribution in [3.63, 3.8) is 0 Å². The minimum atomic E-state index is -0.142. The lowest BCUT2D eigenvalue weighted by atomic mass is 9.99. The van der Waals surface area contributed by atoms with Gasteiger partial charge in [0, 0.05) is 39.3 Å². The van der Waals surface area contributed by atoms with Gasteiger partial charge in [-0.15, -0.1) is 0 Å². The Hall–Kier alpha value is -3.71. The molecule has 36 heavy (non-hydrogen) atoms. The highest BCUT2D eigenvalue weighted by Crippen LogP contribution is 2.28. The third-order valence-corrected chi connectivity index (χ3v) is 6.57. The van der Waals surface area contributed by atoms with Crippen LogP contribution in [0.3, 0.4) is 0 Å². The first kappa shape index (κ1) is 25.4. The van der Waals surface area contributed by atoms with Crippen LogP contribution in [0.25, 0.3) is 11.1 Å². The van der Waals surface area contributed by atoms with Gasteiger partial charge >= 0.3 is 6.03 Å². The number of benzene rings is 3. The molecule has 2 N–H and O–H groups in total. The van der Waals surface area contributed by atoms with Crippen LogP contribution in [0.5, 0.6) is 11.5 Å². The van der Waals surface area contributed by atoms with Crippen molar-refractivity contribution in [1.29, 1.82) is 0 Å². The zero-order valence-corrected chi connectivity index (χ0v) is 21.2. The highest BCUT2D eigenvalue weighted by atomic mass is 16.5. The maximum atomic E-state index is 12.4. The predicted molar refractivity (Wildman–Crippen MR) is 145 cm³/mol. The summed E-state index contributed by atoms with van der Waals surface area (Å²) in [6.45, 7) is 6.04. The van der Waals surface area contributed by atoms with E-state index in [4.69, 9.17) is 9.47 Å². The largest absolute Gasteiger partial charge is 0.497 e. The van der Waals surface area contributed by atoms with Crippen LogP contribution < -0.4 is 25.0 Å². The summed E-state index contributed by atoms with van der Waals surface area (Å²) in [5.41, 5.74) is 4.38. The number of amides is 2. The Labute approximate surface area is 214 Å². The average molecular weight is 489 g/mol. The molecule has 4 rings (SSSR count). The molecule has 0 aromatic heterocycles. The Morgan fingerprint density at radius 2 is 1.64 bits per heavy atom. The SMILES string of the molecule is COc1cccc(-c2ccccc2CNC(=O)NCCCN2CCN(c3ccccc3OC)CC2)c1. The number of anilines is 1. The van der Waals surface area contributed by atoms with E-state index in [-0.39, 0.29) is 6.03 Å². The zero-order chi connectivity index (χ0) is 25.2. The summed E-state index contributed by atoms with van der Waals surface area (Å²) in [5.74, 6) is 1.74. The number of hydrogen-bond acceptors (Lipinski definition) is 5. The minimum Gasteiger partial charge on any atom is -0.497 e. The van der Waals surface area contributed by atoms with Crippen molar-refractivity contribution < 1.29 is 14.3 Å². The van der Waals surface area contributed by atoms with Crippen LogP contribution in [0.15, 0.2) is 72.8 Å². The zero-order valence-electron chi connectivity index (χ0n) is 21.2. The van der Waals surface area contributed by atoms with E-state index in [0.717, 1.165) is 73.0 Å². The van der Waals surface area contributed by atoms with Crippen molar-refractivity contribution in [2.24, 2.45) is 0 Å². The quantitative estimate of drug-likeness (QED) is 0.415.